The van der Waals surface area contributed by atoms with Crippen LogP contribution in [0.2, 0.25) is 0 Å². The summed E-state index contributed by atoms with van der Waals surface area (Å²) in [7, 11) is 0. The second-order valence-electron chi connectivity index (χ2n) is 4.08. The van der Waals surface area contributed by atoms with E-state index >= 15 is 0 Å². The van der Waals surface area contributed by atoms with E-state index in [9.17, 15) is 0 Å². The van der Waals surface area contributed by atoms with Crippen LogP contribution in [-0.2, 0) is 0 Å². The van der Waals surface area contributed by atoms with E-state index in [0.717, 1.165) is 32.2 Å². The molecule has 1 heteroatoms. The van der Waals surface area contributed by atoms with Gasteiger partial charge in [-0.3, -0.25) is 0 Å². The van der Waals surface area contributed by atoms with Gasteiger partial charge in [0.25, 0.3) is 0 Å². The largest absolute Gasteiger partial charge is 0.330 e. The Morgan fingerprint density at radius 1 is 1.25 bits per heavy atom. The lowest BCUT2D eigenvalue weighted by molar-refractivity contribution is 0.809. The Morgan fingerprint density at radius 3 is 2.56 bits per heavy atom. The summed E-state index contributed by atoms with van der Waals surface area (Å²) < 4.78 is 0. The molecule has 0 fully saturated rings. The van der Waals surface area contributed by atoms with Gasteiger partial charge in [0.05, 0.1) is 0 Å². The summed E-state index contributed by atoms with van der Waals surface area (Å²) in [5.74, 6) is 0. The fraction of sp³-hybridized carbons (Fsp3) is 0.467. The highest BCUT2D eigenvalue weighted by molar-refractivity contribution is 5.16. The average molecular weight is 219 g/mol. The van der Waals surface area contributed by atoms with Crippen LogP contribution in [-0.4, -0.2) is 6.54 Å². The summed E-state index contributed by atoms with van der Waals surface area (Å²) in [6, 6.07) is 0. The maximum Gasteiger partial charge on any atom is -0.00742 e. The fourth-order valence-corrected chi connectivity index (χ4v) is 1.33. The fourth-order valence-electron chi connectivity index (χ4n) is 1.33. The molecule has 2 N–H and O–H groups in total. The third-order valence-corrected chi connectivity index (χ3v) is 2.25. The van der Waals surface area contributed by atoms with Crippen molar-refractivity contribution in [1.29, 1.82) is 0 Å². The first-order valence-corrected chi connectivity index (χ1v) is 6.00. The maximum atomic E-state index is 5.53. The van der Waals surface area contributed by atoms with Crippen molar-refractivity contribution >= 4 is 0 Å². The number of hydrogen-bond acceptors (Lipinski definition) is 1. The van der Waals surface area contributed by atoms with Gasteiger partial charge in [-0.15, -0.1) is 0 Å². The van der Waals surface area contributed by atoms with Gasteiger partial charge in [-0.05, 0) is 46.1 Å². The van der Waals surface area contributed by atoms with E-state index < -0.39 is 0 Å². The van der Waals surface area contributed by atoms with Gasteiger partial charge >= 0.3 is 0 Å². The third kappa shape index (κ3) is 9.47. The van der Waals surface area contributed by atoms with E-state index in [1.807, 2.05) is 6.92 Å². The predicted octanol–water partition coefficient (Wildman–Crippen LogP) is 4.14. The summed E-state index contributed by atoms with van der Waals surface area (Å²) >= 11 is 0. The highest BCUT2D eigenvalue weighted by Gasteiger charge is 1.93. The van der Waals surface area contributed by atoms with E-state index in [0.29, 0.717) is 0 Å². The van der Waals surface area contributed by atoms with E-state index in [-0.39, 0.29) is 0 Å². The molecule has 0 atom stereocenters. The van der Waals surface area contributed by atoms with Crippen molar-refractivity contribution in [2.45, 2.75) is 39.5 Å². The molecule has 0 saturated carbocycles. The van der Waals surface area contributed by atoms with Gasteiger partial charge in [0.1, 0.15) is 0 Å². The third-order valence-electron chi connectivity index (χ3n) is 2.25. The minimum Gasteiger partial charge on any atom is -0.330 e. The van der Waals surface area contributed by atoms with Crippen LogP contribution in [0.4, 0.5) is 0 Å². The smallest absolute Gasteiger partial charge is 0.00742 e. The topological polar surface area (TPSA) is 26.0 Å². The summed E-state index contributed by atoms with van der Waals surface area (Å²) in [5.41, 5.74) is 8.17. The van der Waals surface area contributed by atoms with E-state index in [4.69, 9.17) is 5.73 Å². The van der Waals surface area contributed by atoms with Crippen molar-refractivity contribution in [3.8, 4) is 0 Å². The normalized spacial score (nSPS) is 12.8. The molecule has 0 aliphatic carbocycles. The highest BCUT2D eigenvalue weighted by Crippen LogP contribution is 2.11. The van der Waals surface area contributed by atoms with Crippen molar-refractivity contribution in [3.63, 3.8) is 0 Å². The zero-order chi connectivity index (χ0) is 12.2. The molecule has 0 saturated heterocycles. The SMILES string of the molecule is C=C(C)C/C=C\C=C(/C/C=C\C)CCCN. The highest BCUT2D eigenvalue weighted by atomic mass is 14.5. The van der Waals surface area contributed by atoms with Gasteiger partial charge in [-0.1, -0.05) is 48.1 Å². The maximum absolute atomic E-state index is 5.53. The Balaban J connectivity index is 4.18. The standard InChI is InChI=1S/C15H25N/c1-4-5-10-15(12-8-13-16)11-7-6-9-14(2)3/h4-7,11H,2,8-10,12-13,16H2,1,3H3/b5-4-,7-6-,15-11+. The Bertz CT molecular complexity index is 269. The molecule has 0 amide bonds. The molecular formula is C15H25N. The van der Waals surface area contributed by atoms with Crippen LogP contribution in [0.5, 0.6) is 0 Å². The molecule has 0 spiro atoms. The van der Waals surface area contributed by atoms with Crippen molar-refractivity contribution < 1.29 is 0 Å². The predicted molar refractivity (Wildman–Crippen MR) is 74.4 cm³/mol. The van der Waals surface area contributed by atoms with Crippen LogP contribution in [0.1, 0.15) is 39.5 Å². The first-order chi connectivity index (χ1) is 7.70. The van der Waals surface area contributed by atoms with Crippen molar-refractivity contribution in [2.75, 3.05) is 6.54 Å². The molecule has 0 aliphatic heterocycles. The van der Waals surface area contributed by atoms with Crippen molar-refractivity contribution in [3.05, 3.63) is 48.1 Å². The van der Waals surface area contributed by atoms with Crippen LogP contribution in [0.3, 0.4) is 0 Å². The molecule has 16 heavy (non-hydrogen) atoms. The molecular weight excluding hydrogens is 194 g/mol. The average Bonchev–Trinajstić information content (AvgIpc) is 2.26. The molecule has 0 aromatic carbocycles. The summed E-state index contributed by atoms with van der Waals surface area (Å²) in [5, 5.41) is 0. The Labute approximate surface area is 100 Å². The van der Waals surface area contributed by atoms with E-state index in [1.165, 1.54) is 11.1 Å². The van der Waals surface area contributed by atoms with Crippen LogP contribution in [0.25, 0.3) is 0 Å². The van der Waals surface area contributed by atoms with Crippen molar-refractivity contribution in [1.82, 2.24) is 0 Å². The molecule has 0 aliphatic rings. The molecule has 0 aromatic heterocycles. The molecule has 0 aromatic rings. The van der Waals surface area contributed by atoms with Gasteiger partial charge in [0, 0.05) is 0 Å². The zero-order valence-corrected chi connectivity index (χ0v) is 10.7. The lowest BCUT2D eigenvalue weighted by Gasteiger charge is -2.02. The lowest BCUT2D eigenvalue weighted by Crippen LogP contribution is -1.98. The molecule has 0 radical (unpaired) electrons. The molecule has 0 rings (SSSR count). The molecule has 0 unspecified atom stereocenters. The molecule has 0 bridgehead atoms. The molecule has 90 valence electrons. The number of nitrogens with two attached hydrogens (primary N) is 1. The quantitative estimate of drug-likeness (QED) is 0.482. The van der Waals surface area contributed by atoms with E-state index in [1.54, 1.807) is 0 Å². The van der Waals surface area contributed by atoms with Crippen LogP contribution in [0.15, 0.2) is 48.1 Å². The summed E-state index contributed by atoms with van der Waals surface area (Å²) in [6.07, 6.45) is 14.9. The summed E-state index contributed by atoms with van der Waals surface area (Å²) in [4.78, 5) is 0. The van der Waals surface area contributed by atoms with Crippen LogP contribution in [0, 0.1) is 0 Å². The Hall–Kier alpha value is -1.08. The van der Waals surface area contributed by atoms with Gasteiger partial charge in [-0.2, -0.15) is 0 Å². The zero-order valence-electron chi connectivity index (χ0n) is 10.7. The minimum atomic E-state index is 0.767. The van der Waals surface area contributed by atoms with Gasteiger partial charge in [0.2, 0.25) is 0 Å². The van der Waals surface area contributed by atoms with Gasteiger partial charge in [-0.25, -0.2) is 0 Å². The summed E-state index contributed by atoms with van der Waals surface area (Å²) in [6.45, 7) is 8.74. The molecule has 0 heterocycles. The second kappa shape index (κ2) is 10.4. The van der Waals surface area contributed by atoms with Crippen LogP contribution >= 0.6 is 0 Å². The Morgan fingerprint density at radius 2 is 2.00 bits per heavy atom. The van der Waals surface area contributed by atoms with Gasteiger partial charge in [0.15, 0.2) is 0 Å². The Kier molecular flexibility index (Phi) is 9.73. The number of rotatable bonds is 8. The monoisotopic (exact) mass is 219 g/mol. The first-order valence-electron chi connectivity index (χ1n) is 6.00. The lowest BCUT2D eigenvalue weighted by atomic mass is 10.1. The minimum absolute atomic E-state index is 0.767. The first kappa shape index (κ1) is 14.9. The number of allylic oxidation sites excluding steroid dienone is 7. The van der Waals surface area contributed by atoms with E-state index in [2.05, 4.69) is 43.9 Å². The molecule has 1 nitrogen and oxygen atoms in total. The number of hydrogen-bond donors (Lipinski definition) is 1. The second-order valence-corrected chi connectivity index (χ2v) is 4.08. The van der Waals surface area contributed by atoms with Crippen LogP contribution < -0.4 is 5.73 Å². The van der Waals surface area contributed by atoms with Crippen molar-refractivity contribution in [2.24, 2.45) is 5.73 Å². The van der Waals surface area contributed by atoms with Gasteiger partial charge < -0.3 is 5.73 Å².